The van der Waals surface area contributed by atoms with Crippen LogP contribution >= 0.6 is 15.9 Å². The maximum absolute atomic E-state index is 13.0. The van der Waals surface area contributed by atoms with Crippen molar-refractivity contribution in [1.29, 1.82) is 0 Å². The van der Waals surface area contributed by atoms with Crippen LogP contribution in [0, 0.1) is 5.92 Å². The Morgan fingerprint density at radius 2 is 2.10 bits per heavy atom. The molecule has 0 amide bonds. The monoisotopic (exact) mass is 351 g/mol. The maximum atomic E-state index is 13.0. The molecule has 1 fully saturated rings. The minimum atomic E-state index is -4.45. The lowest BCUT2D eigenvalue weighted by Gasteiger charge is -2.34. The van der Waals surface area contributed by atoms with E-state index in [0.717, 1.165) is 6.07 Å². The summed E-state index contributed by atoms with van der Waals surface area (Å²) in [6.07, 6.45) is -3.38. The Bertz CT molecular complexity index is 519. The van der Waals surface area contributed by atoms with Crippen molar-refractivity contribution in [2.24, 2.45) is 5.92 Å². The summed E-state index contributed by atoms with van der Waals surface area (Å²) in [6.45, 7) is 0.540. The van der Waals surface area contributed by atoms with E-state index in [0.29, 0.717) is 23.9 Å². The minimum Gasteiger partial charge on any atom is -0.481 e. The van der Waals surface area contributed by atoms with Gasteiger partial charge in [-0.15, -0.1) is 0 Å². The first-order chi connectivity index (χ1) is 9.29. The van der Waals surface area contributed by atoms with Gasteiger partial charge in [0.15, 0.2) is 0 Å². The molecule has 0 aromatic heterocycles. The van der Waals surface area contributed by atoms with Crippen molar-refractivity contribution in [3.05, 3.63) is 28.2 Å². The number of anilines is 1. The number of rotatable bonds is 2. The highest BCUT2D eigenvalue weighted by molar-refractivity contribution is 9.10. The number of carboxylic acids is 1. The summed E-state index contributed by atoms with van der Waals surface area (Å²) < 4.78 is 39.6. The van der Waals surface area contributed by atoms with Gasteiger partial charge in [-0.2, -0.15) is 13.2 Å². The van der Waals surface area contributed by atoms with Crippen LogP contribution in [0.4, 0.5) is 18.9 Å². The van der Waals surface area contributed by atoms with Crippen LogP contribution in [0.15, 0.2) is 22.7 Å². The van der Waals surface area contributed by atoms with E-state index in [2.05, 4.69) is 15.9 Å². The molecule has 1 aliphatic rings. The van der Waals surface area contributed by atoms with Gasteiger partial charge in [0.05, 0.1) is 17.2 Å². The molecule has 1 atom stereocenters. The minimum absolute atomic E-state index is 0.0397. The fraction of sp³-hybridized carbons (Fsp3) is 0.462. The van der Waals surface area contributed by atoms with Crippen molar-refractivity contribution in [3.63, 3.8) is 0 Å². The number of aliphatic carboxylic acids is 1. The molecule has 20 heavy (non-hydrogen) atoms. The summed E-state index contributed by atoms with van der Waals surface area (Å²) in [4.78, 5) is 12.5. The van der Waals surface area contributed by atoms with Gasteiger partial charge >= 0.3 is 12.1 Å². The van der Waals surface area contributed by atoms with Gasteiger partial charge in [-0.1, -0.05) is 15.9 Å². The highest BCUT2D eigenvalue weighted by Crippen LogP contribution is 2.39. The van der Waals surface area contributed by atoms with Gasteiger partial charge in [0.25, 0.3) is 0 Å². The van der Waals surface area contributed by atoms with Gasteiger partial charge < -0.3 is 10.0 Å². The van der Waals surface area contributed by atoms with E-state index in [-0.39, 0.29) is 12.2 Å². The molecule has 1 aromatic carbocycles. The zero-order chi connectivity index (χ0) is 14.9. The van der Waals surface area contributed by atoms with Crippen LogP contribution in [0.3, 0.4) is 0 Å². The van der Waals surface area contributed by atoms with Gasteiger partial charge in [-0.3, -0.25) is 4.79 Å². The molecule has 1 aliphatic heterocycles. The number of hydrogen-bond donors (Lipinski definition) is 1. The molecule has 1 aromatic rings. The lowest BCUT2D eigenvalue weighted by Crippen LogP contribution is -2.39. The maximum Gasteiger partial charge on any atom is 0.418 e. The summed E-state index contributed by atoms with van der Waals surface area (Å²) in [5.74, 6) is -1.58. The van der Waals surface area contributed by atoms with E-state index in [1.165, 1.54) is 17.0 Å². The molecule has 1 heterocycles. The van der Waals surface area contributed by atoms with Gasteiger partial charge in [0.1, 0.15) is 0 Å². The zero-order valence-electron chi connectivity index (χ0n) is 10.5. The van der Waals surface area contributed by atoms with Crippen LogP contribution in [0.1, 0.15) is 18.4 Å². The normalized spacial score (nSPS) is 20.0. The second-order valence-electron chi connectivity index (χ2n) is 4.78. The highest BCUT2D eigenvalue weighted by Gasteiger charge is 2.36. The molecule has 0 bridgehead atoms. The average molecular weight is 352 g/mol. The molecule has 0 aliphatic carbocycles. The molecule has 0 saturated carbocycles. The Morgan fingerprint density at radius 3 is 2.70 bits per heavy atom. The van der Waals surface area contributed by atoms with Crippen molar-refractivity contribution < 1.29 is 23.1 Å². The molecular weight excluding hydrogens is 339 g/mol. The number of carboxylic acid groups (broad SMARTS) is 1. The summed E-state index contributed by atoms with van der Waals surface area (Å²) >= 11 is 3.16. The van der Waals surface area contributed by atoms with Crippen molar-refractivity contribution in [3.8, 4) is 0 Å². The second kappa shape index (κ2) is 5.63. The Labute approximate surface area is 122 Å². The first-order valence-corrected chi connectivity index (χ1v) is 6.93. The van der Waals surface area contributed by atoms with Gasteiger partial charge in [-0.05, 0) is 31.0 Å². The summed E-state index contributed by atoms with van der Waals surface area (Å²) in [5, 5.41) is 9.03. The topological polar surface area (TPSA) is 40.5 Å². The number of carbonyl (C=O) groups is 1. The van der Waals surface area contributed by atoms with Gasteiger partial charge in [-0.25, -0.2) is 0 Å². The van der Waals surface area contributed by atoms with Crippen LogP contribution in [-0.4, -0.2) is 24.2 Å². The number of piperidine rings is 1. The predicted molar refractivity (Wildman–Crippen MR) is 71.7 cm³/mol. The van der Waals surface area contributed by atoms with E-state index in [4.69, 9.17) is 5.11 Å². The molecule has 7 heteroatoms. The molecule has 1 unspecified atom stereocenters. The third-order valence-corrected chi connectivity index (χ3v) is 3.87. The van der Waals surface area contributed by atoms with Crippen LogP contribution in [-0.2, 0) is 11.0 Å². The van der Waals surface area contributed by atoms with Crippen LogP contribution in [0.25, 0.3) is 0 Å². The Kier molecular flexibility index (Phi) is 4.27. The quantitative estimate of drug-likeness (QED) is 0.881. The number of hydrogen-bond acceptors (Lipinski definition) is 2. The lowest BCUT2D eigenvalue weighted by molar-refractivity contribution is -0.141. The van der Waals surface area contributed by atoms with Crippen LogP contribution in [0.2, 0.25) is 0 Å². The summed E-state index contributed by atoms with van der Waals surface area (Å²) in [5.41, 5.74) is -0.690. The Hall–Kier alpha value is -1.24. The van der Waals surface area contributed by atoms with Crippen LogP contribution < -0.4 is 4.90 Å². The third kappa shape index (κ3) is 3.26. The van der Waals surface area contributed by atoms with E-state index >= 15 is 0 Å². The van der Waals surface area contributed by atoms with E-state index in [1.54, 1.807) is 0 Å². The van der Waals surface area contributed by atoms with Crippen LogP contribution in [0.5, 0.6) is 0 Å². The molecular formula is C13H13BrF3NO2. The SMILES string of the molecule is O=C(O)C1CCCN(c2cc(Br)ccc2C(F)(F)F)C1. The first kappa shape index (κ1) is 15.2. The summed E-state index contributed by atoms with van der Waals surface area (Å²) in [7, 11) is 0. The molecule has 110 valence electrons. The second-order valence-corrected chi connectivity index (χ2v) is 5.70. The average Bonchev–Trinajstić information content (AvgIpc) is 2.37. The fourth-order valence-corrected chi connectivity index (χ4v) is 2.75. The number of nitrogens with zero attached hydrogens (tertiary/aromatic N) is 1. The molecule has 2 rings (SSSR count). The number of alkyl halides is 3. The lowest BCUT2D eigenvalue weighted by atomic mass is 9.97. The number of halogens is 4. The molecule has 0 spiro atoms. The van der Waals surface area contributed by atoms with E-state index in [9.17, 15) is 18.0 Å². The molecule has 1 N–H and O–H groups in total. The standard InChI is InChI=1S/C13H13BrF3NO2/c14-9-3-4-10(13(15,16)17)11(6-9)18-5-1-2-8(7-18)12(19)20/h3-4,6,8H,1-2,5,7H2,(H,19,20). The molecule has 0 radical (unpaired) electrons. The summed E-state index contributed by atoms with van der Waals surface area (Å²) in [6, 6.07) is 3.75. The zero-order valence-corrected chi connectivity index (χ0v) is 12.0. The number of benzene rings is 1. The van der Waals surface area contributed by atoms with Gasteiger partial charge in [0.2, 0.25) is 0 Å². The Balaban J connectivity index is 2.36. The highest BCUT2D eigenvalue weighted by atomic mass is 79.9. The van der Waals surface area contributed by atoms with E-state index in [1.807, 2.05) is 0 Å². The smallest absolute Gasteiger partial charge is 0.418 e. The first-order valence-electron chi connectivity index (χ1n) is 6.13. The van der Waals surface area contributed by atoms with Gasteiger partial charge in [0, 0.05) is 17.6 Å². The van der Waals surface area contributed by atoms with Crippen molar-refractivity contribution in [2.75, 3.05) is 18.0 Å². The fourth-order valence-electron chi connectivity index (χ4n) is 2.40. The largest absolute Gasteiger partial charge is 0.481 e. The van der Waals surface area contributed by atoms with Crippen molar-refractivity contribution >= 4 is 27.6 Å². The Morgan fingerprint density at radius 1 is 1.40 bits per heavy atom. The van der Waals surface area contributed by atoms with Crippen molar-refractivity contribution in [1.82, 2.24) is 0 Å². The third-order valence-electron chi connectivity index (χ3n) is 3.38. The van der Waals surface area contributed by atoms with Crippen molar-refractivity contribution in [2.45, 2.75) is 19.0 Å². The molecule has 1 saturated heterocycles. The van der Waals surface area contributed by atoms with E-state index < -0.39 is 23.6 Å². The predicted octanol–water partition coefficient (Wildman–Crippen LogP) is 3.77. The molecule has 3 nitrogen and oxygen atoms in total.